The van der Waals surface area contributed by atoms with Crippen LogP contribution in [0.1, 0.15) is 59.3 Å². The van der Waals surface area contributed by atoms with Crippen molar-refractivity contribution in [2.45, 2.75) is 64.9 Å². The Labute approximate surface area is 113 Å². The highest BCUT2D eigenvalue weighted by Gasteiger charge is 2.23. The highest BCUT2D eigenvalue weighted by atomic mass is 16.5. The second-order valence-electron chi connectivity index (χ2n) is 5.61. The lowest BCUT2D eigenvalue weighted by Crippen LogP contribution is -2.33. The minimum Gasteiger partial charge on any atom is -0.390 e. The summed E-state index contributed by atoms with van der Waals surface area (Å²) in [5.41, 5.74) is -0.533. The second-order valence-corrected chi connectivity index (χ2v) is 5.61. The molecule has 0 aliphatic heterocycles. The molecule has 0 aliphatic rings. The van der Waals surface area contributed by atoms with E-state index in [-0.39, 0.29) is 0 Å². The van der Waals surface area contributed by atoms with E-state index in [1.165, 1.54) is 25.7 Å². The fourth-order valence-electron chi connectivity index (χ4n) is 2.32. The number of unbranched alkanes of at least 4 members (excludes halogenated alkanes) is 1. The Morgan fingerprint density at radius 1 is 1.28 bits per heavy atom. The first-order chi connectivity index (χ1) is 8.55. The molecule has 2 atom stereocenters. The van der Waals surface area contributed by atoms with Gasteiger partial charge in [-0.1, -0.05) is 39.5 Å². The Kier molecular flexibility index (Phi) is 10.7. The summed E-state index contributed by atoms with van der Waals surface area (Å²) in [7, 11) is 1.71. The highest BCUT2D eigenvalue weighted by Crippen LogP contribution is 2.26. The minimum atomic E-state index is -0.533. The molecule has 0 aromatic rings. The summed E-state index contributed by atoms with van der Waals surface area (Å²) in [5.74, 6) is 0.666. The standard InChI is InChI=1S/C15H33NO2/c1-5-7-8-14(6-2)13-15(3,17)9-10-16-11-12-18-4/h14,16-17H,5-13H2,1-4H3. The van der Waals surface area contributed by atoms with Crippen LogP contribution in [-0.4, -0.2) is 37.5 Å². The van der Waals surface area contributed by atoms with Crippen LogP contribution >= 0.6 is 0 Å². The van der Waals surface area contributed by atoms with Gasteiger partial charge in [0.15, 0.2) is 0 Å². The Balaban J connectivity index is 3.80. The Bertz CT molecular complexity index is 183. The van der Waals surface area contributed by atoms with Gasteiger partial charge in [0.25, 0.3) is 0 Å². The van der Waals surface area contributed by atoms with Gasteiger partial charge in [-0.3, -0.25) is 0 Å². The van der Waals surface area contributed by atoms with Crippen molar-refractivity contribution < 1.29 is 9.84 Å². The summed E-state index contributed by atoms with van der Waals surface area (Å²) < 4.78 is 4.98. The van der Waals surface area contributed by atoms with Crippen molar-refractivity contribution in [3.63, 3.8) is 0 Å². The van der Waals surface area contributed by atoms with Gasteiger partial charge in [-0.25, -0.2) is 0 Å². The van der Waals surface area contributed by atoms with E-state index >= 15 is 0 Å². The number of hydrogen-bond donors (Lipinski definition) is 2. The molecule has 0 rings (SSSR count). The fourth-order valence-corrected chi connectivity index (χ4v) is 2.32. The molecule has 18 heavy (non-hydrogen) atoms. The van der Waals surface area contributed by atoms with Crippen LogP contribution in [0.2, 0.25) is 0 Å². The van der Waals surface area contributed by atoms with Gasteiger partial charge in [-0.05, 0) is 32.2 Å². The van der Waals surface area contributed by atoms with Gasteiger partial charge < -0.3 is 15.2 Å². The van der Waals surface area contributed by atoms with Gasteiger partial charge in [0, 0.05) is 13.7 Å². The summed E-state index contributed by atoms with van der Waals surface area (Å²) in [5, 5.41) is 13.7. The predicted molar refractivity (Wildman–Crippen MR) is 77.9 cm³/mol. The Hall–Kier alpha value is -0.120. The first-order valence-electron chi connectivity index (χ1n) is 7.47. The Morgan fingerprint density at radius 3 is 2.56 bits per heavy atom. The molecule has 110 valence electrons. The normalized spacial score (nSPS) is 16.5. The van der Waals surface area contributed by atoms with E-state index in [4.69, 9.17) is 4.74 Å². The van der Waals surface area contributed by atoms with Crippen molar-refractivity contribution in [1.29, 1.82) is 0 Å². The largest absolute Gasteiger partial charge is 0.390 e. The van der Waals surface area contributed by atoms with Crippen LogP contribution in [0, 0.1) is 5.92 Å². The van der Waals surface area contributed by atoms with Gasteiger partial charge in [0.1, 0.15) is 0 Å². The lowest BCUT2D eigenvalue weighted by atomic mass is 9.85. The van der Waals surface area contributed by atoms with E-state index in [9.17, 15) is 5.11 Å². The molecule has 0 aliphatic carbocycles. The zero-order valence-electron chi connectivity index (χ0n) is 12.8. The van der Waals surface area contributed by atoms with E-state index in [0.29, 0.717) is 5.92 Å². The molecule has 2 N–H and O–H groups in total. The summed E-state index contributed by atoms with van der Waals surface area (Å²) in [6.07, 6.45) is 6.69. The van der Waals surface area contributed by atoms with Crippen LogP contribution in [0.4, 0.5) is 0 Å². The molecule has 0 saturated heterocycles. The lowest BCUT2D eigenvalue weighted by molar-refractivity contribution is 0.0231. The van der Waals surface area contributed by atoms with Crippen molar-refractivity contribution in [2.75, 3.05) is 26.8 Å². The van der Waals surface area contributed by atoms with E-state index in [1.54, 1.807) is 7.11 Å². The molecule has 0 heterocycles. The van der Waals surface area contributed by atoms with Crippen molar-refractivity contribution in [3.05, 3.63) is 0 Å². The molecule has 0 aromatic heterocycles. The molecule has 0 fully saturated rings. The van der Waals surface area contributed by atoms with E-state index in [0.717, 1.165) is 32.5 Å². The van der Waals surface area contributed by atoms with Crippen LogP contribution in [-0.2, 0) is 4.74 Å². The maximum Gasteiger partial charge on any atom is 0.0634 e. The van der Waals surface area contributed by atoms with Gasteiger partial charge >= 0.3 is 0 Å². The molecule has 2 unspecified atom stereocenters. The second kappa shape index (κ2) is 10.8. The monoisotopic (exact) mass is 259 g/mol. The molecule has 3 heteroatoms. The average molecular weight is 259 g/mol. The third-order valence-corrected chi connectivity index (χ3v) is 3.60. The molecule has 0 aromatic carbocycles. The molecule has 0 bridgehead atoms. The van der Waals surface area contributed by atoms with E-state index in [2.05, 4.69) is 19.2 Å². The van der Waals surface area contributed by atoms with Gasteiger partial charge in [0.05, 0.1) is 12.2 Å². The topological polar surface area (TPSA) is 41.5 Å². The molecule has 0 amide bonds. The molecule has 0 radical (unpaired) electrons. The summed E-state index contributed by atoms with van der Waals surface area (Å²) in [6.45, 7) is 8.88. The first kappa shape index (κ1) is 17.9. The van der Waals surface area contributed by atoms with Gasteiger partial charge in [0.2, 0.25) is 0 Å². The smallest absolute Gasteiger partial charge is 0.0634 e. The SMILES string of the molecule is CCCCC(CC)CC(C)(O)CCNCCOC. The minimum absolute atomic E-state index is 0.533. The van der Waals surface area contributed by atoms with Crippen molar-refractivity contribution >= 4 is 0 Å². The maximum absolute atomic E-state index is 10.4. The zero-order valence-corrected chi connectivity index (χ0v) is 12.8. The summed E-state index contributed by atoms with van der Waals surface area (Å²) >= 11 is 0. The van der Waals surface area contributed by atoms with E-state index in [1.807, 2.05) is 6.92 Å². The lowest BCUT2D eigenvalue weighted by Gasteiger charge is -2.28. The molecular formula is C15H33NO2. The fraction of sp³-hybridized carbons (Fsp3) is 1.00. The molecule has 0 spiro atoms. The molecule has 0 saturated carbocycles. The average Bonchev–Trinajstić information content (AvgIpc) is 2.34. The van der Waals surface area contributed by atoms with Crippen LogP contribution in [0.25, 0.3) is 0 Å². The van der Waals surface area contributed by atoms with Gasteiger partial charge in [-0.15, -0.1) is 0 Å². The Morgan fingerprint density at radius 2 is 2.00 bits per heavy atom. The number of nitrogens with one attached hydrogen (secondary N) is 1. The summed E-state index contributed by atoms with van der Waals surface area (Å²) in [6, 6.07) is 0. The van der Waals surface area contributed by atoms with Crippen LogP contribution in [0.3, 0.4) is 0 Å². The number of hydrogen-bond acceptors (Lipinski definition) is 3. The molecular weight excluding hydrogens is 226 g/mol. The van der Waals surface area contributed by atoms with Crippen molar-refractivity contribution in [1.82, 2.24) is 5.32 Å². The van der Waals surface area contributed by atoms with Crippen molar-refractivity contribution in [3.8, 4) is 0 Å². The first-order valence-corrected chi connectivity index (χ1v) is 7.47. The third kappa shape index (κ3) is 9.86. The van der Waals surface area contributed by atoms with E-state index < -0.39 is 5.60 Å². The highest BCUT2D eigenvalue weighted by molar-refractivity contribution is 4.77. The third-order valence-electron chi connectivity index (χ3n) is 3.60. The molecule has 3 nitrogen and oxygen atoms in total. The van der Waals surface area contributed by atoms with Crippen LogP contribution in [0.5, 0.6) is 0 Å². The zero-order chi connectivity index (χ0) is 13.9. The number of ether oxygens (including phenoxy) is 1. The number of rotatable bonds is 12. The predicted octanol–water partition coefficient (Wildman–Crippen LogP) is 2.97. The summed E-state index contributed by atoms with van der Waals surface area (Å²) in [4.78, 5) is 0. The van der Waals surface area contributed by atoms with Crippen molar-refractivity contribution in [2.24, 2.45) is 5.92 Å². The van der Waals surface area contributed by atoms with Crippen LogP contribution < -0.4 is 5.32 Å². The number of methoxy groups -OCH3 is 1. The quantitative estimate of drug-likeness (QED) is 0.529. The van der Waals surface area contributed by atoms with Gasteiger partial charge in [-0.2, -0.15) is 0 Å². The van der Waals surface area contributed by atoms with Crippen LogP contribution in [0.15, 0.2) is 0 Å². The maximum atomic E-state index is 10.4. The number of aliphatic hydroxyl groups is 1.